The lowest BCUT2D eigenvalue weighted by molar-refractivity contribution is 0.147. The topological polar surface area (TPSA) is 77.0 Å². The van der Waals surface area contributed by atoms with Crippen LogP contribution >= 0.6 is 0 Å². The number of hydrogen-bond acceptors (Lipinski definition) is 4. The van der Waals surface area contributed by atoms with Crippen LogP contribution in [0.15, 0.2) is 34.2 Å². The Kier molecular flexibility index (Phi) is 9.58. The summed E-state index contributed by atoms with van der Waals surface area (Å²) in [6.45, 7) is 9.65. The van der Waals surface area contributed by atoms with Gasteiger partial charge in [-0.15, -0.1) is 0 Å². The molecule has 2 N–H and O–H groups in total. The fourth-order valence-corrected chi connectivity index (χ4v) is 5.13. The summed E-state index contributed by atoms with van der Waals surface area (Å²) in [6.07, 6.45) is 5.16. The van der Waals surface area contributed by atoms with Crippen LogP contribution in [0.3, 0.4) is 0 Å². The lowest BCUT2D eigenvalue weighted by Gasteiger charge is -2.35. The van der Waals surface area contributed by atoms with E-state index in [2.05, 4.69) is 27.4 Å². The zero-order valence-electron chi connectivity index (χ0n) is 19.2. The molecule has 8 heteroatoms. The van der Waals surface area contributed by atoms with Gasteiger partial charge in [-0.3, -0.25) is 9.89 Å². The molecule has 1 fully saturated rings. The summed E-state index contributed by atoms with van der Waals surface area (Å²) in [5.41, 5.74) is 1.01. The Hall–Kier alpha value is -1.64. The molecular weight excluding hydrogens is 398 g/mol. The van der Waals surface area contributed by atoms with E-state index in [4.69, 9.17) is 0 Å². The number of rotatable bonds is 9. The maximum atomic E-state index is 12.6. The SMILES string of the molecule is CCC1CCCCN1CCNC(=NC)NCc1ccc(S(=O)(=O)N(C)C(C)C)cc1. The normalized spacial score (nSPS) is 18.8. The van der Waals surface area contributed by atoms with Crippen molar-refractivity contribution >= 4 is 16.0 Å². The number of aliphatic imine (C=N–C) groups is 1. The van der Waals surface area contributed by atoms with Gasteiger partial charge in [-0.2, -0.15) is 4.31 Å². The molecular formula is C22H39N5O2S. The maximum Gasteiger partial charge on any atom is 0.243 e. The molecule has 2 rings (SSSR count). The molecule has 0 bridgehead atoms. The number of guanidine groups is 1. The molecule has 1 saturated heterocycles. The monoisotopic (exact) mass is 437 g/mol. The van der Waals surface area contributed by atoms with Crippen LogP contribution < -0.4 is 10.6 Å². The van der Waals surface area contributed by atoms with E-state index in [1.807, 2.05) is 26.0 Å². The second-order valence-corrected chi connectivity index (χ2v) is 10.2. The summed E-state index contributed by atoms with van der Waals surface area (Å²) in [5, 5.41) is 6.70. The molecule has 1 atom stereocenters. The number of hydrogen-bond donors (Lipinski definition) is 2. The molecule has 1 unspecified atom stereocenters. The Morgan fingerprint density at radius 3 is 2.53 bits per heavy atom. The van der Waals surface area contributed by atoms with Gasteiger partial charge in [0.05, 0.1) is 4.90 Å². The molecule has 30 heavy (non-hydrogen) atoms. The second-order valence-electron chi connectivity index (χ2n) is 8.21. The van der Waals surface area contributed by atoms with Gasteiger partial charge in [0, 0.05) is 45.8 Å². The van der Waals surface area contributed by atoms with Crippen LogP contribution in [-0.4, -0.2) is 69.4 Å². The van der Waals surface area contributed by atoms with Gasteiger partial charge in [0.1, 0.15) is 0 Å². The molecule has 0 radical (unpaired) electrons. The number of nitrogens with zero attached hydrogens (tertiary/aromatic N) is 3. The Labute approximate surface area is 183 Å². The van der Waals surface area contributed by atoms with Gasteiger partial charge in [0.15, 0.2) is 5.96 Å². The molecule has 0 aliphatic carbocycles. The van der Waals surface area contributed by atoms with Crippen molar-refractivity contribution in [3.63, 3.8) is 0 Å². The third-order valence-corrected chi connectivity index (χ3v) is 7.97. The van der Waals surface area contributed by atoms with Gasteiger partial charge in [0.25, 0.3) is 0 Å². The Balaban J connectivity index is 1.83. The van der Waals surface area contributed by atoms with E-state index in [1.165, 1.54) is 36.5 Å². The first kappa shape index (κ1) is 24.6. The quantitative estimate of drug-likeness (QED) is 0.459. The summed E-state index contributed by atoms with van der Waals surface area (Å²) in [4.78, 5) is 7.19. The first-order valence-corrected chi connectivity index (χ1v) is 12.5. The standard InChI is InChI=1S/C22H39N5O2S/c1-6-20-9-7-8-15-27(20)16-14-24-22(23-4)25-17-19-10-12-21(13-11-19)30(28,29)26(5)18(2)3/h10-13,18,20H,6-9,14-17H2,1-5H3,(H2,23,24,25). The number of nitrogens with one attached hydrogen (secondary N) is 2. The van der Waals surface area contributed by atoms with E-state index in [1.54, 1.807) is 26.2 Å². The first-order valence-electron chi connectivity index (χ1n) is 11.0. The minimum atomic E-state index is -3.45. The molecule has 1 heterocycles. The van der Waals surface area contributed by atoms with Crippen molar-refractivity contribution < 1.29 is 8.42 Å². The third-order valence-electron chi connectivity index (χ3n) is 5.92. The predicted molar refractivity (Wildman–Crippen MR) is 124 cm³/mol. The Bertz CT molecular complexity index is 777. The highest BCUT2D eigenvalue weighted by Crippen LogP contribution is 2.19. The highest BCUT2D eigenvalue weighted by Gasteiger charge is 2.23. The Morgan fingerprint density at radius 1 is 1.23 bits per heavy atom. The second kappa shape index (κ2) is 11.7. The van der Waals surface area contributed by atoms with Crippen molar-refractivity contribution in [2.45, 2.75) is 70.0 Å². The van der Waals surface area contributed by atoms with Gasteiger partial charge >= 0.3 is 0 Å². The summed E-state index contributed by atoms with van der Waals surface area (Å²) < 4.78 is 26.5. The maximum absolute atomic E-state index is 12.6. The van der Waals surface area contributed by atoms with Crippen molar-refractivity contribution in [3.8, 4) is 0 Å². The van der Waals surface area contributed by atoms with E-state index in [0.29, 0.717) is 17.5 Å². The van der Waals surface area contributed by atoms with E-state index in [0.717, 1.165) is 24.6 Å². The van der Waals surface area contributed by atoms with Gasteiger partial charge in [-0.1, -0.05) is 25.5 Å². The van der Waals surface area contributed by atoms with Crippen molar-refractivity contribution in [2.24, 2.45) is 4.99 Å². The van der Waals surface area contributed by atoms with E-state index in [-0.39, 0.29) is 6.04 Å². The first-order chi connectivity index (χ1) is 14.3. The van der Waals surface area contributed by atoms with Gasteiger partial charge < -0.3 is 10.6 Å². The van der Waals surface area contributed by atoms with Crippen LogP contribution in [0.1, 0.15) is 52.0 Å². The molecule has 0 aromatic heterocycles. The minimum Gasteiger partial charge on any atom is -0.355 e. The average Bonchev–Trinajstić information content (AvgIpc) is 2.76. The third kappa shape index (κ3) is 6.68. The summed E-state index contributed by atoms with van der Waals surface area (Å²) in [7, 11) is -0.0731. The van der Waals surface area contributed by atoms with E-state index < -0.39 is 10.0 Å². The molecule has 0 spiro atoms. The summed E-state index contributed by atoms with van der Waals surface area (Å²) >= 11 is 0. The van der Waals surface area contributed by atoms with Crippen LogP contribution in [0.25, 0.3) is 0 Å². The number of sulfonamides is 1. The smallest absolute Gasteiger partial charge is 0.243 e. The largest absolute Gasteiger partial charge is 0.355 e. The molecule has 0 saturated carbocycles. The van der Waals surface area contributed by atoms with Crippen LogP contribution in [0, 0.1) is 0 Å². The van der Waals surface area contributed by atoms with Crippen molar-refractivity contribution in [1.82, 2.24) is 19.8 Å². The van der Waals surface area contributed by atoms with Crippen molar-refractivity contribution in [2.75, 3.05) is 33.7 Å². The van der Waals surface area contributed by atoms with Crippen LogP contribution in [0.4, 0.5) is 0 Å². The summed E-state index contributed by atoms with van der Waals surface area (Å²) in [6, 6.07) is 7.66. The van der Waals surface area contributed by atoms with Gasteiger partial charge in [-0.25, -0.2) is 8.42 Å². The average molecular weight is 438 g/mol. The summed E-state index contributed by atoms with van der Waals surface area (Å²) in [5.74, 6) is 0.760. The predicted octanol–water partition coefficient (Wildman–Crippen LogP) is 2.65. The lowest BCUT2D eigenvalue weighted by Crippen LogP contribution is -2.45. The van der Waals surface area contributed by atoms with Crippen LogP contribution in [0.2, 0.25) is 0 Å². The van der Waals surface area contributed by atoms with Crippen LogP contribution in [0.5, 0.6) is 0 Å². The molecule has 1 aliphatic rings. The molecule has 0 amide bonds. The van der Waals surface area contributed by atoms with E-state index in [9.17, 15) is 8.42 Å². The molecule has 1 aliphatic heterocycles. The zero-order chi connectivity index (χ0) is 22.1. The fraction of sp³-hybridized carbons (Fsp3) is 0.682. The highest BCUT2D eigenvalue weighted by molar-refractivity contribution is 7.89. The van der Waals surface area contributed by atoms with Crippen molar-refractivity contribution in [1.29, 1.82) is 0 Å². The number of benzene rings is 1. The molecule has 1 aromatic carbocycles. The van der Waals surface area contributed by atoms with Crippen LogP contribution in [-0.2, 0) is 16.6 Å². The molecule has 1 aromatic rings. The van der Waals surface area contributed by atoms with Gasteiger partial charge in [0.2, 0.25) is 10.0 Å². The zero-order valence-corrected chi connectivity index (χ0v) is 20.0. The lowest BCUT2D eigenvalue weighted by atomic mass is 10.0. The van der Waals surface area contributed by atoms with E-state index >= 15 is 0 Å². The number of likely N-dealkylation sites (tertiary alicyclic amines) is 1. The molecule has 170 valence electrons. The number of piperidine rings is 1. The minimum absolute atomic E-state index is 0.0803. The Morgan fingerprint density at radius 2 is 1.93 bits per heavy atom. The highest BCUT2D eigenvalue weighted by atomic mass is 32.2. The molecule has 7 nitrogen and oxygen atoms in total. The van der Waals surface area contributed by atoms with Gasteiger partial charge in [-0.05, 0) is 57.4 Å². The fourth-order valence-electron chi connectivity index (χ4n) is 3.76. The van der Waals surface area contributed by atoms with Crippen molar-refractivity contribution in [3.05, 3.63) is 29.8 Å².